The van der Waals surface area contributed by atoms with Crippen LogP contribution in [0, 0.1) is 5.92 Å². The van der Waals surface area contributed by atoms with Crippen LogP contribution < -0.4 is 5.32 Å². The van der Waals surface area contributed by atoms with Gasteiger partial charge in [0, 0.05) is 12.6 Å². The van der Waals surface area contributed by atoms with E-state index in [2.05, 4.69) is 57.7 Å². The van der Waals surface area contributed by atoms with E-state index in [1.54, 1.807) is 6.33 Å². The number of H-pyrrole nitrogens is 1. The molecule has 2 aromatic carbocycles. The van der Waals surface area contributed by atoms with Gasteiger partial charge in [0.15, 0.2) is 0 Å². The van der Waals surface area contributed by atoms with Gasteiger partial charge in [-0.05, 0) is 47.2 Å². The van der Waals surface area contributed by atoms with Gasteiger partial charge in [-0.15, -0.1) is 0 Å². The number of aromatic nitrogens is 2. The van der Waals surface area contributed by atoms with Crippen molar-refractivity contribution in [2.75, 3.05) is 6.61 Å². The molecule has 27 heavy (non-hydrogen) atoms. The number of aliphatic hydroxyl groups is 1. The zero-order chi connectivity index (χ0) is 18.5. The van der Waals surface area contributed by atoms with Gasteiger partial charge in [0.2, 0.25) is 0 Å². The Morgan fingerprint density at radius 3 is 2.78 bits per heavy atom. The lowest BCUT2D eigenvalue weighted by atomic mass is 9.85. The van der Waals surface area contributed by atoms with Crippen molar-refractivity contribution in [3.63, 3.8) is 0 Å². The molecule has 1 heterocycles. The Morgan fingerprint density at radius 1 is 1.07 bits per heavy atom. The second-order valence-corrected chi connectivity index (χ2v) is 7.83. The van der Waals surface area contributed by atoms with Crippen LogP contribution in [0.2, 0.25) is 0 Å². The van der Waals surface area contributed by atoms with Crippen LogP contribution in [0.5, 0.6) is 0 Å². The number of fused-ring (bicyclic) bond motifs is 1. The number of hydrogen-bond donors (Lipinski definition) is 3. The molecule has 1 aromatic heterocycles. The first kappa shape index (κ1) is 18.2. The van der Waals surface area contributed by atoms with E-state index in [1.165, 1.54) is 48.8 Å². The van der Waals surface area contributed by atoms with Crippen LogP contribution in [0.1, 0.15) is 44.1 Å². The number of aliphatic hydroxyl groups excluding tert-OH is 1. The number of benzene rings is 2. The monoisotopic (exact) mass is 363 g/mol. The highest BCUT2D eigenvalue weighted by molar-refractivity contribution is 5.81. The first-order valence-corrected chi connectivity index (χ1v) is 10.2. The van der Waals surface area contributed by atoms with E-state index in [1.807, 2.05) is 0 Å². The number of nitrogens with one attached hydrogen (secondary N) is 2. The molecule has 1 atom stereocenters. The average Bonchev–Trinajstić information content (AvgIpc) is 3.20. The van der Waals surface area contributed by atoms with Gasteiger partial charge < -0.3 is 15.4 Å². The summed E-state index contributed by atoms with van der Waals surface area (Å²) in [5.41, 5.74) is 5.68. The molecule has 1 fully saturated rings. The van der Waals surface area contributed by atoms with Gasteiger partial charge >= 0.3 is 0 Å². The molecule has 3 aromatic rings. The summed E-state index contributed by atoms with van der Waals surface area (Å²) in [5, 5.41) is 13.3. The smallest absolute Gasteiger partial charge is 0.0931 e. The Bertz CT molecular complexity index is 867. The fourth-order valence-electron chi connectivity index (χ4n) is 4.28. The van der Waals surface area contributed by atoms with Gasteiger partial charge in [-0.1, -0.05) is 56.4 Å². The van der Waals surface area contributed by atoms with Gasteiger partial charge in [-0.25, -0.2) is 4.98 Å². The largest absolute Gasteiger partial charge is 0.395 e. The summed E-state index contributed by atoms with van der Waals surface area (Å²) in [4.78, 5) is 7.50. The van der Waals surface area contributed by atoms with Gasteiger partial charge in [0.25, 0.3) is 0 Å². The van der Waals surface area contributed by atoms with Crippen molar-refractivity contribution >= 4 is 11.0 Å². The Morgan fingerprint density at radius 2 is 1.93 bits per heavy atom. The quantitative estimate of drug-likeness (QED) is 0.572. The minimum atomic E-state index is 0.192. The highest BCUT2D eigenvalue weighted by Gasteiger charge is 2.18. The Hall–Kier alpha value is -2.17. The van der Waals surface area contributed by atoms with Crippen LogP contribution >= 0.6 is 0 Å². The molecule has 4 rings (SSSR count). The van der Waals surface area contributed by atoms with Gasteiger partial charge in [0.05, 0.1) is 24.0 Å². The predicted molar refractivity (Wildman–Crippen MR) is 110 cm³/mol. The molecule has 1 aliphatic rings. The lowest BCUT2D eigenvalue weighted by Gasteiger charge is -2.26. The Balaban J connectivity index is 1.40. The molecule has 0 radical (unpaired) electrons. The molecular formula is C23H29N3O. The molecule has 0 bridgehead atoms. The number of aromatic amines is 1. The summed E-state index contributed by atoms with van der Waals surface area (Å²) in [5.74, 6) is 0.773. The second kappa shape index (κ2) is 8.68. The van der Waals surface area contributed by atoms with Crippen molar-refractivity contribution in [3.8, 4) is 11.1 Å². The van der Waals surface area contributed by atoms with Crippen molar-refractivity contribution in [3.05, 3.63) is 54.4 Å². The lowest BCUT2D eigenvalue weighted by molar-refractivity contribution is 0.203. The molecular weight excluding hydrogens is 334 g/mol. The zero-order valence-electron chi connectivity index (χ0n) is 15.8. The highest BCUT2D eigenvalue weighted by Crippen LogP contribution is 2.27. The SMILES string of the molecule is OC[C@H](CC1CCCCC1)NCc1cccc(-c2ccc3[nH]cnc3c2)c1. The molecule has 1 aliphatic carbocycles. The summed E-state index contributed by atoms with van der Waals surface area (Å²) in [6.45, 7) is 1.00. The highest BCUT2D eigenvalue weighted by atomic mass is 16.3. The number of rotatable bonds is 7. The van der Waals surface area contributed by atoms with Crippen LogP contribution in [0.4, 0.5) is 0 Å². The summed E-state index contributed by atoms with van der Waals surface area (Å²) < 4.78 is 0. The third kappa shape index (κ3) is 4.57. The van der Waals surface area contributed by atoms with E-state index in [0.717, 1.165) is 29.9 Å². The second-order valence-electron chi connectivity index (χ2n) is 7.83. The number of hydrogen-bond acceptors (Lipinski definition) is 3. The van der Waals surface area contributed by atoms with Crippen molar-refractivity contribution < 1.29 is 5.11 Å². The third-order valence-corrected chi connectivity index (χ3v) is 5.84. The minimum Gasteiger partial charge on any atom is -0.395 e. The van der Waals surface area contributed by atoms with Crippen LogP contribution in [0.15, 0.2) is 48.8 Å². The Kier molecular flexibility index (Phi) is 5.85. The van der Waals surface area contributed by atoms with Crippen LogP contribution in [0.25, 0.3) is 22.2 Å². The predicted octanol–water partition coefficient (Wildman–Crippen LogP) is 4.65. The topological polar surface area (TPSA) is 60.9 Å². The third-order valence-electron chi connectivity index (χ3n) is 5.84. The van der Waals surface area contributed by atoms with Crippen molar-refractivity contribution in [1.82, 2.24) is 15.3 Å². The molecule has 0 amide bonds. The molecule has 4 heteroatoms. The van der Waals surface area contributed by atoms with Gasteiger partial charge in [-0.3, -0.25) is 0 Å². The average molecular weight is 364 g/mol. The van der Waals surface area contributed by atoms with Crippen molar-refractivity contribution in [2.45, 2.75) is 51.1 Å². The maximum atomic E-state index is 9.78. The molecule has 3 N–H and O–H groups in total. The summed E-state index contributed by atoms with van der Waals surface area (Å²) >= 11 is 0. The summed E-state index contributed by atoms with van der Waals surface area (Å²) in [6.07, 6.45) is 9.55. The van der Waals surface area contributed by atoms with Gasteiger partial charge in [0.1, 0.15) is 0 Å². The van der Waals surface area contributed by atoms with Crippen LogP contribution in [0.3, 0.4) is 0 Å². The van der Waals surface area contributed by atoms with E-state index in [9.17, 15) is 5.11 Å². The van der Waals surface area contributed by atoms with Crippen molar-refractivity contribution in [1.29, 1.82) is 0 Å². The first-order chi connectivity index (χ1) is 13.3. The fourth-order valence-corrected chi connectivity index (χ4v) is 4.28. The maximum absolute atomic E-state index is 9.78. The summed E-state index contributed by atoms with van der Waals surface area (Å²) in [6, 6.07) is 15.2. The number of imidazole rings is 1. The standard InChI is InChI=1S/C23H29N3O/c27-15-21(12-17-5-2-1-3-6-17)24-14-18-7-4-8-19(11-18)20-9-10-22-23(13-20)26-16-25-22/h4,7-11,13,16-17,21,24,27H,1-3,5-6,12,14-15H2,(H,25,26)/t21-/m0/s1. The van der Waals surface area contributed by atoms with Crippen LogP contribution in [-0.2, 0) is 6.54 Å². The van der Waals surface area contributed by atoms with E-state index < -0.39 is 0 Å². The Labute approximate surface area is 161 Å². The molecule has 1 saturated carbocycles. The van der Waals surface area contributed by atoms with E-state index in [4.69, 9.17) is 0 Å². The minimum absolute atomic E-state index is 0.192. The molecule has 0 unspecified atom stereocenters. The molecule has 0 aliphatic heterocycles. The molecule has 0 saturated heterocycles. The summed E-state index contributed by atoms with van der Waals surface area (Å²) in [7, 11) is 0. The maximum Gasteiger partial charge on any atom is 0.0931 e. The molecule has 4 nitrogen and oxygen atoms in total. The van der Waals surface area contributed by atoms with Gasteiger partial charge in [-0.2, -0.15) is 0 Å². The zero-order valence-corrected chi connectivity index (χ0v) is 15.8. The fraction of sp³-hybridized carbons (Fsp3) is 0.435. The number of nitrogens with zero attached hydrogens (tertiary/aromatic N) is 1. The van der Waals surface area contributed by atoms with Crippen LogP contribution in [-0.4, -0.2) is 27.7 Å². The molecule has 0 spiro atoms. The van der Waals surface area contributed by atoms with E-state index in [0.29, 0.717) is 0 Å². The normalized spacial score (nSPS) is 16.6. The van der Waals surface area contributed by atoms with E-state index >= 15 is 0 Å². The lowest BCUT2D eigenvalue weighted by Crippen LogP contribution is -2.34. The first-order valence-electron chi connectivity index (χ1n) is 10.2. The van der Waals surface area contributed by atoms with Crippen molar-refractivity contribution in [2.24, 2.45) is 5.92 Å². The van der Waals surface area contributed by atoms with E-state index in [-0.39, 0.29) is 12.6 Å². The molecule has 142 valence electrons.